The Morgan fingerprint density at radius 3 is 2.65 bits per heavy atom. The van der Waals surface area contributed by atoms with Crippen LogP contribution in [0.3, 0.4) is 0 Å². The third-order valence-electron chi connectivity index (χ3n) is 4.61. The van der Waals surface area contributed by atoms with E-state index in [-0.39, 0.29) is 0 Å². The van der Waals surface area contributed by atoms with Crippen molar-refractivity contribution in [2.24, 2.45) is 5.92 Å². The summed E-state index contributed by atoms with van der Waals surface area (Å²) in [5.74, 6) is 0.673. The molecule has 1 aliphatic rings. The van der Waals surface area contributed by atoms with Gasteiger partial charge in [0.05, 0.1) is 0 Å². The van der Waals surface area contributed by atoms with Gasteiger partial charge in [-0.15, -0.1) is 0 Å². The number of fused-ring (bicyclic) bond motifs is 1. The van der Waals surface area contributed by atoms with E-state index in [9.17, 15) is 0 Å². The predicted octanol–water partition coefficient (Wildman–Crippen LogP) is 4.52. The number of rotatable bonds is 2. The highest BCUT2D eigenvalue weighted by molar-refractivity contribution is 5.54. The summed E-state index contributed by atoms with van der Waals surface area (Å²) in [7, 11) is 0. The molecule has 0 radical (unpaired) electrons. The Morgan fingerprint density at radius 1 is 1.05 bits per heavy atom. The molecule has 2 unspecified atom stereocenters. The van der Waals surface area contributed by atoms with Crippen molar-refractivity contribution < 1.29 is 0 Å². The smallest absolute Gasteiger partial charge is 0.0375 e. The zero-order valence-corrected chi connectivity index (χ0v) is 12.6. The van der Waals surface area contributed by atoms with Crippen LogP contribution in [-0.2, 0) is 12.8 Å². The van der Waals surface area contributed by atoms with E-state index < -0.39 is 0 Å². The summed E-state index contributed by atoms with van der Waals surface area (Å²) >= 11 is 0. The van der Waals surface area contributed by atoms with Crippen LogP contribution < -0.4 is 5.32 Å². The van der Waals surface area contributed by atoms with Crippen molar-refractivity contribution in [1.29, 1.82) is 0 Å². The first kappa shape index (κ1) is 13.2. The highest BCUT2D eigenvalue weighted by Crippen LogP contribution is 2.29. The largest absolute Gasteiger partial charge is 0.381 e. The van der Waals surface area contributed by atoms with Crippen LogP contribution in [0.5, 0.6) is 0 Å². The third-order valence-corrected chi connectivity index (χ3v) is 4.61. The van der Waals surface area contributed by atoms with Crippen molar-refractivity contribution in [3.05, 3.63) is 64.7 Å². The van der Waals surface area contributed by atoms with Crippen LogP contribution in [-0.4, -0.2) is 6.04 Å². The molecule has 104 valence electrons. The lowest BCUT2D eigenvalue weighted by Crippen LogP contribution is -2.35. The average Bonchev–Trinajstić information content (AvgIpc) is 2.44. The van der Waals surface area contributed by atoms with Crippen LogP contribution >= 0.6 is 0 Å². The first-order chi connectivity index (χ1) is 9.63. The van der Waals surface area contributed by atoms with Crippen LogP contribution in [0.4, 0.5) is 5.69 Å². The minimum atomic E-state index is 0.534. The molecule has 2 aromatic carbocycles. The fourth-order valence-electron chi connectivity index (χ4n) is 3.11. The van der Waals surface area contributed by atoms with Crippen molar-refractivity contribution >= 4 is 5.69 Å². The van der Waals surface area contributed by atoms with E-state index >= 15 is 0 Å². The first-order valence-electron chi connectivity index (χ1n) is 7.54. The number of hydrogen-bond acceptors (Lipinski definition) is 1. The molecule has 2 aromatic rings. The van der Waals surface area contributed by atoms with Gasteiger partial charge in [-0.2, -0.15) is 0 Å². The molecular weight excluding hydrogens is 242 g/mol. The van der Waals surface area contributed by atoms with Crippen LogP contribution in [0.25, 0.3) is 0 Å². The molecule has 1 heteroatoms. The van der Waals surface area contributed by atoms with Gasteiger partial charge >= 0.3 is 0 Å². The van der Waals surface area contributed by atoms with Crippen molar-refractivity contribution in [1.82, 2.24) is 0 Å². The zero-order chi connectivity index (χ0) is 14.1. The molecular formula is C19H23N. The standard InChI is InChI=1S/C19H23N/c1-13-8-9-16(10-14(13)2)12-19-15(3)11-17-6-4-5-7-18(17)20-19/h4-10,15,19-20H,11-12H2,1-3H3. The van der Waals surface area contributed by atoms with Gasteiger partial charge in [0, 0.05) is 11.7 Å². The molecule has 3 rings (SSSR count). The fraction of sp³-hybridized carbons (Fsp3) is 0.368. The average molecular weight is 265 g/mol. The van der Waals surface area contributed by atoms with Crippen molar-refractivity contribution in [2.45, 2.75) is 39.7 Å². The van der Waals surface area contributed by atoms with E-state index in [4.69, 9.17) is 0 Å². The summed E-state index contributed by atoms with van der Waals surface area (Å²) in [6.45, 7) is 6.73. The van der Waals surface area contributed by atoms with E-state index in [1.54, 1.807) is 0 Å². The maximum Gasteiger partial charge on any atom is 0.0375 e. The van der Waals surface area contributed by atoms with Gasteiger partial charge in [0.15, 0.2) is 0 Å². The van der Waals surface area contributed by atoms with E-state index in [2.05, 4.69) is 68.6 Å². The molecule has 1 aliphatic heterocycles. The SMILES string of the molecule is Cc1ccc(CC2Nc3ccccc3CC2C)cc1C. The molecule has 1 nitrogen and oxygen atoms in total. The second-order valence-electron chi connectivity index (χ2n) is 6.21. The summed E-state index contributed by atoms with van der Waals surface area (Å²) in [5.41, 5.74) is 6.99. The van der Waals surface area contributed by atoms with Gasteiger partial charge in [0.25, 0.3) is 0 Å². The van der Waals surface area contributed by atoms with Crippen molar-refractivity contribution in [3.8, 4) is 0 Å². The predicted molar refractivity (Wildman–Crippen MR) is 86.3 cm³/mol. The van der Waals surface area contributed by atoms with Gasteiger partial charge < -0.3 is 5.32 Å². The number of aryl methyl sites for hydroxylation is 2. The van der Waals surface area contributed by atoms with E-state index in [1.165, 1.54) is 34.4 Å². The summed E-state index contributed by atoms with van der Waals surface area (Å²) in [4.78, 5) is 0. The fourth-order valence-corrected chi connectivity index (χ4v) is 3.11. The molecule has 1 N–H and O–H groups in total. The van der Waals surface area contributed by atoms with E-state index in [0.29, 0.717) is 12.0 Å². The van der Waals surface area contributed by atoms with E-state index in [1.807, 2.05) is 0 Å². The summed E-state index contributed by atoms with van der Waals surface area (Å²) in [5, 5.41) is 3.73. The Kier molecular flexibility index (Phi) is 3.52. The Labute approximate surface area is 122 Å². The van der Waals surface area contributed by atoms with E-state index in [0.717, 1.165) is 6.42 Å². The molecule has 0 saturated carbocycles. The monoisotopic (exact) mass is 265 g/mol. The molecule has 2 atom stereocenters. The normalized spacial score (nSPS) is 21.1. The number of benzene rings is 2. The minimum Gasteiger partial charge on any atom is -0.381 e. The topological polar surface area (TPSA) is 12.0 Å². The second kappa shape index (κ2) is 5.32. The molecule has 20 heavy (non-hydrogen) atoms. The molecule has 0 amide bonds. The Bertz CT molecular complexity index is 615. The number of hydrogen-bond donors (Lipinski definition) is 1. The van der Waals surface area contributed by atoms with Gasteiger partial charge in [-0.25, -0.2) is 0 Å². The van der Waals surface area contributed by atoms with Gasteiger partial charge in [-0.05, 0) is 60.9 Å². The Hall–Kier alpha value is -1.76. The first-order valence-corrected chi connectivity index (χ1v) is 7.54. The molecule has 0 fully saturated rings. The van der Waals surface area contributed by atoms with Gasteiger partial charge in [-0.1, -0.05) is 43.3 Å². The van der Waals surface area contributed by atoms with Crippen molar-refractivity contribution in [2.75, 3.05) is 5.32 Å². The summed E-state index contributed by atoms with van der Waals surface area (Å²) in [6.07, 6.45) is 2.29. The maximum absolute atomic E-state index is 3.73. The highest BCUT2D eigenvalue weighted by atomic mass is 14.9. The lowest BCUT2D eigenvalue weighted by atomic mass is 9.85. The lowest BCUT2D eigenvalue weighted by Gasteiger charge is -2.33. The lowest BCUT2D eigenvalue weighted by molar-refractivity contribution is 0.461. The molecule has 0 aliphatic carbocycles. The van der Waals surface area contributed by atoms with Gasteiger partial charge in [0.2, 0.25) is 0 Å². The summed E-state index contributed by atoms with van der Waals surface area (Å²) < 4.78 is 0. The molecule has 0 aromatic heterocycles. The quantitative estimate of drug-likeness (QED) is 0.842. The van der Waals surface area contributed by atoms with Crippen LogP contribution in [0, 0.1) is 19.8 Å². The summed E-state index contributed by atoms with van der Waals surface area (Å²) in [6, 6.07) is 16.1. The van der Waals surface area contributed by atoms with Gasteiger partial charge in [0.1, 0.15) is 0 Å². The number of para-hydroxylation sites is 1. The third kappa shape index (κ3) is 2.58. The van der Waals surface area contributed by atoms with Crippen molar-refractivity contribution in [3.63, 3.8) is 0 Å². The molecule has 0 spiro atoms. The Morgan fingerprint density at radius 2 is 1.85 bits per heavy atom. The molecule has 0 bridgehead atoms. The number of nitrogens with one attached hydrogen (secondary N) is 1. The number of anilines is 1. The van der Waals surface area contributed by atoms with Gasteiger partial charge in [-0.3, -0.25) is 0 Å². The second-order valence-corrected chi connectivity index (χ2v) is 6.21. The molecule has 1 heterocycles. The zero-order valence-electron chi connectivity index (χ0n) is 12.6. The Balaban J connectivity index is 1.79. The minimum absolute atomic E-state index is 0.534. The molecule has 0 saturated heterocycles. The highest BCUT2D eigenvalue weighted by Gasteiger charge is 2.24. The van der Waals surface area contributed by atoms with Crippen LogP contribution in [0.15, 0.2) is 42.5 Å². The van der Waals surface area contributed by atoms with Crippen LogP contribution in [0.2, 0.25) is 0 Å². The maximum atomic E-state index is 3.73. The van der Waals surface area contributed by atoms with Crippen LogP contribution in [0.1, 0.15) is 29.2 Å².